The Hall–Kier alpha value is -1.79. The summed E-state index contributed by atoms with van der Waals surface area (Å²) in [5.74, 6) is 1.35. The second kappa shape index (κ2) is 8.54. The molecule has 3 atom stereocenters. The van der Waals surface area contributed by atoms with Gasteiger partial charge in [-0.05, 0) is 50.8 Å². The van der Waals surface area contributed by atoms with E-state index in [0.717, 1.165) is 42.9 Å². The van der Waals surface area contributed by atoms with Crippen LogP contribution in [0.4, 0.5) is 0 Å². The Labute approximate surface area is 148 Å². The van der Waals surface area contributed by atoms with Crippen molar-refractivity contribution in [2.75, 3.05) is 26.4 Å². The lowest BCUT2D eigenvalue weighted by Gasteiger charge is -2.25. The normalized spacial score (nSPS) is 22.1. The number of rotatable bonds is 6. The Kier molecular flexibility index (Phi) is 6.15. The number of ether oxygens (including phenoxy) is 4. The van der Waals surface area contributed by atoms with Crippen molar-refractivity contribution in [3.63, 3.8) is 0 Å². The van der Waals surface area contributed by atoms with E-state index in [2.05, 4.69) is 5.32 Å². The molecule has 3 rings (SSSR count). The molecule has 6 heteroatoms. The topological polar surface area (TPSA) is 66.0 Å². The minimum Gasteiger partial charge on any atom is -0.486 e. The van der Waals surface area contributed by atoms with E-state index >= 15 is 0 Å². The molecule has 0 radical (unpaired) electrons. The average molecular weight is 349 g/mol. The monoisotopic (exact) mass is 349 g/mol. The summed E-state index contributed by atoms with van der Waals surface area (Å²) in [4.78, 5) is 12.4. The van der Waals surface area contributed by atoms with E-state index in [4.69, 9.17) is 18.9 Å². The van der Waals surface area contributed by atoms with E-state index in [0.29, 0.717) is 19.8 Å². The Morgan fingerprint density at radius 2 is 2.00 bits per heavy atom. The molecule has 0 spiro atoms. The number of benzene rings is 1. The smallest absolute Gasteiger partial charge is 0.249 e. The minimum atomic E-state index is -0.509. The molecular weight excluding hydrogens is 322 g/mol. The predicted molar refractivity (Wildman–Crippen MR) is 93.0 cm³/mol. The minimum absolute atomic E-state index is 0.110. The summed E-state index contributed by atoms with van der Waals surface area (Å²) in [6.45, 7) is 6.08. The maximum absolute atomic E-state index is 12.4. The molecule has 25 heavy (non-hydrogen) atoms. The van der Waals surface area contributed by atoms with Gasteiger partial charge in [-0.15, -0.1) is 0 Å². The van der Waals surface area contributed by atoms with E-state index < -0.39 is 6.10 Å². The molecule has 1 saturated heterocycles. The van der Waals surface area contributed by atoms with E-state index in [1.54, 1.807) is 6.92 Å². The SMILES string of the molecule is C[C@H](OC[C@@H]1CCCCO1)C(=O)N[C@H](C)c1ccc2c(c1)OCCO2. The van der Waals surface area contributed by atoms with Gasteiger partial charge in [0.2, 0.25) is 5.91 Å². The molecule has 0 saturated carbocycles. The van der Waals surface area contributed by atoms with Gasteiger partial charge in [-0.3, -0.25) is 4.79 Å². The Morgan fingerprint density at radius 3 is 2.76 bits per heavy atom. The number of carbonyl (C=O) groups excluding carboxylic acids is 1. The highest BCUT2D eigenvalue weighted by Gasteiger charge is 2.21. The van der Waals surface area contributed by atoms with Crippen LogP contribution in [0, 0.1) is 0 Å². The molecule has 0 aromatic heterocycles. The summed E-state index contributed by atoms with van der Waals surface area (Å²) in [7, 11) is 0. The Bertz CT molecular complexity index is 585. The number of hydrogen-bond acceptors (Lipinski definition) is 5. The van der Waals surface area contributed by atoms with Crippen LogP contribution in [0.2, 0.25) is 0 Å². The van der Waals surface area contributed by atoms with Gasteiger partial charge >= 0.3 is 0 Å². The summed E-state index contributed by atoms with van der Waals surface area (Å²) in [5.41, 5.74) is 0.973. The van der Waals surface area contributed by atoms with Gasteiger partial charge in [0.1, 0.15) is 19.3 Å². The summed E-state index contributed by atoms with van der Waals surface area (Å²) < 4.78 is 22.4. The first kappa shape index (κ1) is 18.0. The van der Waals surface area contributed by atoms with Gasteiger partial charge in [-0.2, -0.15) is 0 Å². The third-order valence-electron chi connectivity index (χ3n) is 4.60. The molecule has 138 valence electrons. The molecule has 2 aliphatic heterocycles. The fraction of sp³-hybridized carbons (Fsp3) is 0.632. The van der Waals surface area contributed by atoms with Crippen molar-refractivity contribution >= 4 is 5.91 Å². The van der Waals surface area contributed by atoms with Gasteiger partial charge in [0.15, 0.2) is 11.5 Å². The molecule has 2 aliphatic rings. The lowest BCUT2D eigenvalue weighted by Crippen LogP contribution is -2.38. The molecule has 1 aromatic rings. The van der Waals surface area contributed by atoms with Gasteiger partial charge in [0.25, 0.3) is 0 Å². The molecule has 1 aromatic carbocycles. The van der Waals surface area contributed by atoms with Crippen LogP contribution in [0.25, 0.3) is 0 Å². The van der Waals surface area contributed by atoms with Crippen molar-refractivity contribution in [2.45, 2.75) is 51.4 Å². The highest BCUT2D eigenvalue weighted by molar-refractivity contribution is 5.80. The summed E-state index contributed by atoms with van der Waals surface area (Å²) >= 11 is 0. The zero-order valence-electron chi connectivity index (χ0n) is 15.0. The van der Waals surface area contributed by atoms with Crippen molar-refractivity contribution in [1.29, 1.82) is 0 Å². The molecule has 1 fully saturated rings. The van der Waals surface area contributed by atoms with E-state index in [-0.39, 0.29) is 18.1 Å². The van der Waals surface area contributed by atoms with E-state index in [1.165, 1.54) is 0 Å². The molecule has 1 amide bonds. The number of fused-ring (bicyclic) bond motifs is 1. The van der Waals surface area contributed by atoms with Gasteiger partial charge < -0.3 is 24.3 Å². The van der Waals surface area contributed by atoms with Gasteiger partial charge in [0.05, 0.1) is 18.8 Å². The highest BCUT2D eigenvalue weighted by atomic mass is 16.6. The van der Waals surface area contributed by atoms with Crippen molar-refractivity contribution in [3.05, 3.63) is 23.8 Å². The summed E-state index contributed by atoms with van der Waals surface area (Å²) in [6.07, 6.45) is 2.88. The first-order valence-corrected chi connectivity index (χ1v) is 9.06. The quantitative estimate of drug-likeness (QED) is 0.855. The van der Waals surface area contributed by atoms with Crippen molar-refractivity contribution < 1.29 is 23.7 Å². The molecule has 1 N–H and O–H groups in total. The fourth-order valence-corrected chi connectivity index (χ4v) is 3.01. The van der Waals surface area contributed by atoms with Crippen LogP contribution in [0.15, 0.2) is 18.2 Å². The number of amides is 1. The number of hydrogen-bond donors (Lipinski definition) is 1. The molecule has 0 unspecified atom stereocenters. The van der Waals surface area contributed by atoms with Crippen molar-refractivity contribution in [1.82, 2.24) is 5.32 Å². The maximum Gasteiger partial charge on any atom is 0.249 e. The fourth-order valence-electron chi connectivity index (χ4n) is 3.01. The summed E-state index contributed by atoms with van der Waals surface area (Å²) in [5, 5.41) is 2.99. The first-order valence-electron chi connectivity index (χ1n) is 9.06. The molecule has 0 bridgehead atoms. The van der Waals surface area contributed by atoms with Crippen LogP contribution in [0.3, 0.4) is 0 Å². The molecular formula is C19H27NO5. The van der Waals surface area contributed by atoms with Crippen LogP contribution in [0.5, 0.6) is 11.5 Å². The second-order valence-corrected chi connectivity index (χ2v) is 6.60. The van der Waals surface area contributed by atoms with Crippen LogP contribution >= 0.6 is 0 Å². The third kappa shape index (κ3) is 4.86. The van der Waals surface area contributed by atoms with E-state index in [9.17, 15) is 4.79 Å². The van der Waals surface area contributed by atoms with Gasteiger partial charge in [-0.1, -0.05) is 6.07 Å². The summed E-state index contributed by atoms with van der Waals surface area (Å²) in [6, 6.07) is 5.60. The van der Waals surface area contributed by atoms with Crippen LogP contribution < -0.4 is 14.8 Å². The second-order valence-electron chi connectivity index (χ2n) is 6.60. The third-order valence-corrected chi connectivity index (χ3v) is 4.60. The molecule has 0 aliphatic carbocycles. The van der Waals surface area contributed by atoms with E-state index in [1.807, 2.05) is 25.1 Å². The standard InChI is InChI=1S/C19H27NO5/c1-13(15-6-7-17-18(11-15)24-10-9-23-17)20-19(21)14(2)25-12-16-5-3-4-8-22-16/h6-7,11,13-14,16H,3-5,8-10,12H2,1-2H3,(H,20,21)/t13-,14+,16+/m1/s1. The number of carbonyl (C=O) groups is 1. The maximum atomic E-state index is 12.4. The highest BCUT2D eigenvalue weighted by Crippen LogP contribution is 2.32. The molecule has 2 heterocycles. The van der Waals surface area contributed by atoms with Crippen molar-refractivity contribution in [2.24, 2.45) is 0 Å². The average Bonchev–Trinajstić information content (AvgIpc) is 2.66. The zero-order chi connectivity index (χ0) is 17.6. The Morgan fingerprint density at radius 1 is 1.20 bits per heavy atom. The lowest BCUT2D eigenvalue weighted by molar-refractivity contribution is -0.136. The lowest BCUT2D eigenvalue weighted by atomic mass is 10.1. The first-order chi connectivity index (χ1) is 12.1. The van der Waals surface area contributed by atoms with Crippen LogP contribution in [-0.4, -0.2) is 44.5 Å². The largest absolute Gasteiger partial charge is 0.486 e. The Balaban J connectivity index is 1.49. The van der Waals surface area contributed by atoms with Gasteiger partial charge in [-0.25, -0.2) is 0 Å². The zero-order valence-corrected chi connectivity index (χ0v) is 15.0. The van der Waals surface area contributed by atoms with Crippen LogP contribution in [-0.2, 0) is 14.3 Å². The number of nitrogens with one attached hydrogen (secondary N) is 1. The van der Waals surface area contributed by atoms with Crippen molar-refractivity contribution in [3.8, 4) is 11.5 Å². The van der Waals surface area contributed by atoms with Gasteiger partial charge in [0, 0.05) is 6.61 Å². The molecule has 6 nitrogen and oxygen atoms in total. The predicted octanol–water partition coefficient (Wildman–Crippen LogP) is 2.61. The van der Waals surface area contributed by atoms with Crippen LogP contribution in [0.1, 0.15) is 44.7 Å².